The fourth-order valence-electron chi connectivity index (χ4n) is 3.16. The van der Waals surface area contributed by atoms with Crippen molar-refractivity contribution in [1.82, 2.24) is 20.2 Å². The second-order valence-electron chi connectivity index (χ2n) is 9.25. The molecule has 33 heavy (non-hydrogen) atoms. The van der Waals surface area contributed by atoms with E-state index in [1.807, 2.05) is 13.8 Å². The Kier molecular flexibility index (Phi) is 6.48. The van der Waals surface area contributed by atoms with Crippen LogP contribution in [0.2, 0.25) is 0 Å². The topological polar surface area (TPSA) is 127 Å². The first kappa shape index (κ1) is 23.8. The van der Waals surface area contributed by atoms with Crippen molar-refractivity contribution in [3.8, 4) is 11.4 Å². The molecule has 0 spiro atoms. The minimum Gasteiger partial charge on any atom is -0.443 e. The van der Waals surface area contributed by atoms with E-state index in [0.29, 0.717) is 5.69 Å². The van der Waals surface area contributed by atoms with Gasteiger partial charge in [-0.05, 0) is 50.6 Å². The van der Waals surface area contributed by atoms with Crippen LogP contribution in [0, 0.1) is 5.82 Å². The van der Waals surface area contributed by atoms with Crippen molar-refractivity contribution in [3.63, 3.8) is 0 Å². The quantitative estimate of drug-likeness (QED) is 0.602. The summed E-state index contributed by atoms with van der Waals surface area (Å²) in [5, 5.41) is 8.31. The molecule has 0 saturated carbocycles. The van der Waals surface area contributed by atoms with Crippen LogP contribution >= 0.6 is 0 Å². The number of anilines is 2. The van der Waals surface area contributed by atoms with Gasteiger partial charge in [-0.1, -0.05) is 26.0 Å². The SMILES string of the molecule is CC(C)(C)OC(=O)N(CC(C)(C)c1ccc(F)cc1)c1ccc(-c2cc(=O)[nH]c(N)n2)nn1. The number of aromatic nitrogens is 4. The molecule has 3 rings (SSSR count). The summed E-state index contributed by atoms with van der Waals surface area (Å²) >= 11 is 0. The molecule has 0 unspecified atom stereocenters. The number of ether oxygens (including phenoxy) is 1. The number of nitrogen functional groups attached to an aromatic ring is 1. The fraction of sp³-hybridized carbons (Fsp3) is 0.348. The summed E-state index contributed by atoms with van der Waals surface area (Å²) in [7, 11) is 0. The number of benzene rings is 1. The van der Waals surface area contributed by atoms with Gasteiger partial charge in [0.1, 0.15) is 17.1 Å². The van der Waals surface area contributed by atoms with Crippen molar-refractivity contribution in [2.24, 2.45) is 0 Å². The van der Waals surface area contributed by atoms with Crippen LogP contribution in [0.3, 0.4) is 0 Å². The van der Waals surface area contributed by atoms with Crippen LogP contribution in [0.25, 0.3) is 11.4 Å². The van der Waals surface area contributed by atoms with Gasteiger partial charge in [0.15, 0.2) is 5.82 Å². The van der Waals surface area contributed by atoms with Gasteiger partial charge >= 0.3 is 6.09 Å². The maximum Gasteiger partial charge on any atom is 0.416 e. The zero-order valence-electron chi connectivity index (χ0n) is 19.2. The molecular formula is C23H27FN6O3. The third kappa shape index (κ3) is 6.12. The molecule has 1 amide bonds. The molecule has 1 aromatic carbocycles. The molecule has 3 aromatic rings. The highest BCUT2D eigenvalue weighted by Crippen LogP contribution is 2.28. The van der Waals surface area contributed by atoms with Gasteiger partial charge < -0.3 is 10.5 Å². The van der Waals surface area contributed by atoms with Gasteiger partial charge in [-0.3, -0.25) is 14.7 Å². The summed E-state index contributed by atoms with van der Waals surface area (Å²) in [6, 6.07) is 10.6. The molecule has 10 heteroatoms. The van der Waals surface area contributed by atoms with Gasteiger partial charge in [0.25, 0.3) is 5.56 Å². The molecule has 2 heterocycles. The fourth-order valence-corrected chi connectivity index (χ4v) is 3.16. The van der Waals surface area contributed by atoms with E-state index >= 15 is 0 Å². The summed E-state index contributed by atoms with van der Waals surface area (Å²) in [4.78, 5) is 32.5. The number of halogens is 1. The number of hydrogen-bond donors (Lipinski definition) is 2. The van der Waals surface area contributed by atoms with Gasteiger partial charge in [-0.2, -0.15) is 0 Å². The Hall–Kier alpha value is -3.82. The maximum atomic E-state index is 13.4. The molecular weight excluding hydrogens is 427 g/mol. The number of rotatable bonds is 5. The lowest BCUT2D eigenvalue weighted by molar-refractivity contribution is 0.0572. The van der Waals surface area contributed by atoms with Gasteiger partial charge in [0.2, 0.25) is 5.95 Å². The Balaban J connectivity index is 1.96. The zero-order chi connectivity index (χ0) is 24.4. The number of H-pyrrole nitrogens is 1. The number of carbonyl (C=O) groups excluding carboxylic acids is 1. The standard InChI is InChI=1S/C23H27FN6O3/c1-22(2,3)33-21(32)30(13-23(4,5)14-6-8-15(24)9-7-14)18-11-10-16(28-29-18)17-12-19(31)27-20(25)26-17/h6-12H,13H2,1-5H3,(H3,25,26,27,31). The third-order valence-electron chi connectivity index (χ3n) is 4.74. The molecule has 2 aromatic heterocycles. The van der Waals surface area contributed by atoms with E-state index in [4.69, 9.17) is 10.5 Å². The summed E-state index contributed by atoms with van der Waals surface area (Å²) in [5.41, 5.74) is 5.31. The number of nitrogens with zero attached hydrogens (tertiary/aromatic N) is 4. The number of hydrogen-bond acceptors (Lipinski definition) is 7. The van der Waals surface area contributed by atoms with Crippen LogP contribution in [0.1, 0.15) is 40.2 Å². The maximum absolute atomic E-state index is 13.4. The van der Waals surface area contributed by atoms with Crippen LogP contribution < -0.4 is 16.2 Å². The Morgan fingerprint density at radius 3 is 2.27 bits per heavy atom. The monoisotopic (exact) mass is 454 g/mol. The molecule has 0 bridgehead atoms. The van der Waals surface area contributed by atoms with E-state index in [-0.39, 0.29) is 29.8 Å². The van der Waals surface area contributed by atoms with Crippen molar-refractivity contribution < 1.29 is 13.9 Å². The molecule has 9 nitrogen and oxygen atoms in total. The normalized spacial score (nSPS) is 11.8. The van der Waals surface area contributed by atoms with Crippen molar-refractivity contribution in [2.45, 2.75) is 45.6 Å². The molecule has 174 valence electrons. The van der Waals surface area contributed by atoms with E-state index in [9.17, 15) is 14.0 Å². The van der Waals surface area contributed by atoms with E-state index in [1.54, 1.807) is 45.0 Å². The number of aromatic amines is 1. The summed E-state index contributed by atoms with van der Waals surface area (Å²) in [6.07, 6.45) is -0.599. The van der Waals surface area contributed by atoms with Gasteiger partial charge in [0.05, 0.1) is 5.69 Å². The molecule has 0 fully saturated rings. The van der Waals surface area contributed by atoms with Crippen LogP contribution in [0.5, 0.6) is 0 Å². The summed E-state index contributed by atoms with van der Waals surface area (Å²) < 4.78 is 19.0. The lowest BCUT2D eigenvalue weighted by atomic mass is 9.84. The highest BCUT2D eigenvalue weighted by atomic mass is 19.1. The first-order valence-electron chi connectivity index (χ1n) is 10.3. The second kappa shape index (κ2) is 8.97. The summed E-state index contributed by atoms with van der Waals surface area (Å²) in [6.45, 7) is 9.37. The van der Waals surface area contributed by atoms with Crippen molar-refractivity contribution in [3.05, 3.63) is 64.2 Å². The molecule has 0 aliphatic carbocycles. The first-order valence-corrected chi connectivity index (χ1v) is 10.3. The predicted octanol–water partition coefficient (Wildman–Crippen LogP) is 3.67. The number of nitrogens with one attached hydrogen (secondary N) is 1. The zero-order valence-corrected chi connectivity index (χ0v) is 19.2. The van der Waals surface area contributed by atoms with Gasteiger partial charge in [0, 0.05) is 18.0 Å². The average Bonchev–Trinajstić information content (AvgIpc) is 2.70. The molecule has 0 aliphatic rings. The first-order chi connectivity index (χ1) is 15.3. The van der Waals surface area contributed by atoms with Crippen LogP contribution in [0.4, 0.5) is 21.0 Å². The van der Waals surface area contributed by atoms with Crippen molar-refractivity contribution in [1.29, 1.82) is 0 Å². The Bertz CT molecular complexity index is 1180. The second-order valence-corrected chi connectivity index (χ2v) is 9.25. The molecule has 0 atom stereocenters. The minimum atomic E-state index is -0.727. The van der Waals surface area contributed by atoms with Crippen molar-refractivity contribution in [2.75, 3.05) is 17.2 Å². The Morgan fingerprint density at radius 2 is 1.73 bits per heavy atom. The van der Waals surface area contributed by atoms with E-state index < -0.39 is 22.7 Å². The smallest absolute Gasteiger partial charge is 0.416 e. The van der Waals surface area contributed by atoms with Crippen LogP contribution in [-0.2, 0) is 10.2 Å². The Morgan fingerprint density at radius 1 is 1.06 bits per heavy atom. The van der Waals surface area contributed by atoms with Crippen molar-refractivity contribution >= 4 is 17.9 Å². The van der Waals surface area contributed by atoms with Crippen LogP contribution in [0.15, 0.2) is 47.3 Å². The predicted molar refractivity (Wildman–Crippen MR) is 123 cm³/mol. The lowest BCUT2D eigenvalue weighted by Crippen LogP contribution is -2.44. The molecule has 3 N–H and O–H groups in total. The highest BCUT2D eigenvalue weighted by Gasteiger charge is 2.31. The third-order valence-corrected chi connectivity index (χ3v) is 4.74. The largest absolute Gasteiger partial charge is 0.443 e. The minimum absolute atomic E-state index is 0.0418. The van der Waals surface area contributed by atoms with E-state index in [0.717, 1.165) is 5.56 Å². The van der Waals surface area contributed by atoms with Gasteiger partial charge in [-0.25, -0.2) is 14.2 Å². The van der Waals surface area contributed by atoms with Gasteiger partial charge in [-0.15, -0.1) is 10.2 Å². The molecule has 0 radical (unpaired) electrons. The van der Waals surface area contributed by atoms with E-state index in [2.05, 4.69) is 20.2 Å². The Labute approximate surface area is 190 Å². The number of amides is 1. The lowest BCUT2D eigenvalue weighted by Gasteiger charge is -2.33. The number of carbonyl (C=O) groups is 1. The summed E-state index contributed by atoms with van der Waals surface area (Å²) in [5.74, 6) is -0.130. The average molecular weight is 455 g/mol. The van der Waals surface area contributed by atoms with E-state index in [1.165, 1.54) is 23.1 Å². The molecule has 0 saturated heterocycles. The number of nitrogens with two attached hydrogens (primary N) is 1. The molecule has 0 aliphatic heterocycles. The van der Waals surface area contributed by atoms with Crippen LogP contribution in [-0.4, -0.2) is 38.4 Å². The highest BCUT2D eigenvalue weighted by molar-refractivity contribution is 5.87.